The summed E-state index contributed by atoms with van der Waals surface area (Å²) in [4.78, 5) is 29.3. The largest absolute Gasteiger partial charge is 0.357 e. The Morgan fingerprint density at radius 2 is 1.19 bits per heavy atom. The van der Waals surface area contributed by atoms with Gasteiger partial charge in [0.15, 0.2) is 11.6 Å². The van der Waals surface area contributed by atoms with Crippen molar-refractivity contribution in [3.8, 4) is 17.3 Å². The molecule has 1 aliphatic carbocycles. The van der Waals surface area contributed by atoms with E-state index >= 15 is 0 Å². The molecule has 1 unspecified atom stereocenters. The topological polar surface area (TPSA) is 121 Å². The SMILES string of the molecule is C1=CCC(c2ccccc2)C(Nc2cccc3ncn(-c4nc5ncnc6nc(-n7cnc8cccc(Nc9cccn9-c9ccccc9)c87)c7ccc4c7n56)c23)=C1. The number of nitrogens with one attached hydrogen (secondary N) is 2. The first-order valence-corrected chi connectivity index (χ1v) is 19.1. The second kappa shape index (κ2) is 12.7. The first-order valence-electron chi connectivity index (χ1n) is 19.1. The third-order valence-corrected chi connectivity index (χ3v) is 11.1. The third-order valence-electron chi connectivity index (χ3n) is 11.1. The number of anilines is 3. The fourth-order valence-corrected chi connectivity index (χ4v) is 8.45. The average molecular weight is 753 g/mol. The second-order valence-corrected chi connectivity index (χ2v) is 14.4. The molecule has 58 heavy (non-hydrogen) atoms. The number of benzene rings is 4. The zero-order valence-corrected chi connectivity index (χ0v) is 30.8. The molecule has 0 saturated heterocycles. The zero-order chi connectivity index (χ0) is 38.2. The quantitative estimate of drug-likeness (QED) is 0.158. The minimum absolute atomic E-state index is 0.201. The van der Waals surface area contributed by atoms with Crippen LogP contribution in [0.5, 0.6) is 0 Å². The van der Waals surface area contributed by atoms with Crippen LogP contribution in [0, 0.1) is 0 Å². The molecule has 12 nitrogen and oxygen atoms in total. The van der Waals surface area contributed by atoms with E-state index in [0.717, 1.165) is 73.4 Å². The van der Waals surface area contributed by atoms with E-state index < -0.39 is 0 Å². The standard InChI is InChI=1S/C46H32N12/c1-3-12-29(13-4-1)31-16-7-8-17-34(31)51-37-20-9-18-35-41(37)56(27-49-35)43-32-23-24-33-40(32)58-45(53-43)47-26-48-46(58)54-44(33)57-28-50-36-19-10-21-38(42(36)57)52-39-22-11-25-55(39)30-14-5-2-6-15-30/h1-15,17-28,31,51-52H,16H2. The van der Waals surface area contributed by atoms with E-state index in [0.29, 0.717) is 23.2 Å². The first-order chi connectivity index (χ1) is 28.8. The molecule has 0 radical (unpaired) electrons. The highest BCUT2D eigenvalue weighted by atomic mass is 15.3. The molecule has 11 aromatic rings. The van der Waals surface area contributed by atoms with Crippen LogP contribution in [0.2, 0.25) is 0 Å². The summed E-state index contributed by atoms with van der Waals surface area (Å²) in [6.07, 6.45) is 14.7. The minimum Gasteiger partial charge on any atom is -0.357 e. The van der Waals surface area contributed by atoms with Gasteiger partial charge >= 0.3 is 0 Å². The van der Waals surface area contributed by atoms with Crippen molar-refractivity contribution in [1.29, 1.82) is 0 Å². The summed E-state index contributed by atoms with van der Waals surface area (Å²) in [6.45, 7) is 0. The van der Waals surface area contributed by atoms with Gasteiger partial charge in [0.1, 0.15) is 24.8 Å². The van der Waals surface area contributed by atoms with E-state index in [9.17, 15) is 0 Å². The smallest absolute Gasteiger partial charge is 0.240 e. The van der Waals surface area contributed by atoms with Gasteiger partial charge in [0, 0.05) is 34.3 Å². The summed E-state index contributed by atoms with van der Waals surface area (Å²) in [5.74, 6) is 3.50. The number of aromatic nitrogens is 10. The molecular weight excluding hydrogens is 721 g/mol. The van der Waals surface area contributed by atoms with Gasteiger partial charge in [-0.05, 0) is 78.7 Å². The lowest BCUT2D eigenvalue weighted by atomic mass is 9.89. The molecule has 12 rings (SSSR count). The molecule has 1 atom stereocenters. The zero-order valence-electron chi connectivity index (χ0n) is 30.8. The molecule has 0 bridgehead atoms. The number of nitrogens with zero attached hydrogens (tertiary/aromatic N) is 10. The molecule has 12 heteroatoms. The van der Waals surface area contributed by atoms with Gasteiger partial charge in [0.2, 0.25) is 11.6 Å². The van der Waals surface area contributed by atoms with Gasteiger partial charge in [0.05, 0.1) is 39.0 Å². The van der Waals surface area contributed by atoms with E-state index in [1.807, 2.05) is 70.2 Å². The summed E-state index contributed by atoms with van der Waals surface area (Å²) < 4.78 is 8.18. The van der Waals surface area contributed by atoms with E-state index in [-0.39, 0.29) is 5.92 Å². The molecule has 0 spiro atoms. The lowest BCUT2D eigenvalue weighted by Gasteiger charge is -2.24. The predicted octanol–water partition coefficient (Wildman–Crippen LogP) is 9.52. The van der Waals surface area contributed by atoms with Crippen LogP contribution in [0.25, 0.3) is 67.2 Å². The Labute approximate surface area is 330 Å². The van der Waals surface area contributed by atoms with Crippen LogP contribution in [0.15, 0.2) is 170 Å². The number of fused-ring (bicyclic) bond motifs is 2. The van der Waals surface area contributed by atoms with Crippen molar-refractivity contribution in [1.82, 2.24) is 48.0 Å². The van der Waals surface area contributed by atoms with Crippen LogP contribution < -0.4 is 10.6 Å². The highest BCUT2D eigenvalue weighted by molar-refractivity contribution is 6.08. The highest BCUT2D eigenvalue weighted by Gasteiger charge is 2.25. The Kier molecular flexibility index (Phi) is 7.05. The minimum atomic E-state index is 0.201. The molecule has 0 aliphatic heterocycles. The molecular formula is C46H32N12. The summed E-state index contributed by atoms with van der Waals surface area (Å²) in [5.41, 5.74) is 9.68. The fourth-order valence-electron chi connectivity index (χ4n) is 8.45. The number of para-hydroxylation sites is 3. The van der Waals surface area contributed by atoms with Gasteiger partial charge in [-0.25, -0.2) is 24.3 Å². The maximum absolute atomic E-state index is 5.16. The lowest BCUT2D eigenvalue weighted by molar-refractivity contribution is 0.802. The first kappa shape index (κ1) is 32.2. The lowest BCUT2D eigenvalue weighted by Crippen LogP contribution is -2.13. The Hall–Kier alpha value is -8.12. The van der Waals surface area contributed by atoms with Crippen molar-refractivity contribution in [2.24, 2.45) is 0 Å². The van der Waals surface area contributed by atoms with Gasteiger partial charge in [-0.2, -0.15) is 9.97 Å². The van der Waals surface area contributed by atoms with E-state index in [2.05, 4.69) is 127 Å². The predicted molar refractivity (Wildman–Crippen MR) is 228 cm³/mol. The van der Waals surface area contributed by atoms with Gasteiger partial charge in [-0.3, -0.25) is 9.13 Å². The number of hydrogen-bond acceptors (Lipinski definition) is 8. The average Bonchev–Trinajstić information content (AvgIpc) is 4.11. The molecule has 0 amide bonds. The van der Waals surface area contributed by atoms with Crippen molar-refractivity contribution in [3.63, 3.8) is 0 Å². The molecule has 1 aliphatic rings. The summed E-state index contributed by atoms with van der Waals surface area (Å²) in [6, 6.07) is 41.5. The van der Waals surface area contributed by atoms with Crippen LogP contribution in [0.3, 0.4) is 0 Å². The van der Waals surface area contributed by atoms with Crippen molar-refractivity contribution in [2.45, 2.75) is 12.3 Å². The molecule has 0 fully saturated rings. The van der Waals surface area contributed by atoms with Gasteiger partial charge in [-0.1, -0.05) is 72.8 Å². The number of rotatable bonds is 8. The monoisotopic (exact) mass is 752 g/mol. The Balaban J connectivity index is 1.01. The number of allylic oxidation sites excluding steroid dienone is 4. The van der Waals surface area contributed by atoms with Crippen LogP contribution >= 0.6 is 0 Å². The van der Waals surface area contributed by atoms with Gasteiger partial charge in [-0.15, -0.1) is 0 Å². The molecule has 6 heterocycles. The fraction of sp³-hybridized carbons (Fsp3) is 0.0435. The summed E-state index contributed by atoms with van der Waals surface area (Å²) in [5, 5.41) is 9.32. The van der Waals surface area contributed by atoms with Crippen molar-refractivity contribution in [3.05, 3.63) is 176 Å². The Bertz CT molecular complexity index is 3390. The van der Waals surface area contributed by atoms with Gasteiger partial charge in [0.25, 0.3) is 0 Å². The van der Waals surface area contributed by atoms with Crippen LogP contribution in [-0.2, 0) is 0 Å². The Morgan fingerprint density at radius 1 is 0.552 bits per heavy atom. The van der Waals surface area contributed by atoms with Crippen LogP contribution in [0.4, 0.5) is 17.2 Å². The second-order valence-electron chi connectivity index (χ2n) is 14.4. The van der Waals surface area contributed by atoms with Crippen LogP contribution in [-0.4, -0.2) is 48.0 Å². The molecule has 5 aromatic carbocycles. The van der Waals surface area contributed by atoms with Crippen molar-refractivity contribution >= 4 is 67.1 Å². The summed E-state index contributed by atoms with van der Waals surface area (Å²) >= 11 is 0. The number of imidazole rings is 2. The highest BCUT2D eigenvalue weighted by Crippen LogP contribution is 2.38. The van der Waals surface area contributed by atoms with Crippen molar-refractivity contribution in [2.75, 3.05) is 10.6 Å². The van der Waals surface area contributed by atoms with Crippen molar-refractivity contribution < 1.29 is 0 Å². The normalized spacial score (nSPS) is 14.3. The van der Waals surface area contributed by atoms with Crippen LogP contribution in [0.1, 0.15) is 17.9 Å². The maximum atomic E-state index is 5.16. The van der Waals surface area contributed by atoms with Gasteiger partial charge < -0.3 is 15.2 Å². The molecule has 6 aromatic heterocycles. The van der Waals surface area contributed by atoms with E-state index in [4.69, 9.17) is 19.9 Å². The van der Waals surface area contributed by atoms with E-state index in [1.54, 1.807) is 0 Å². The Morgan fingerprint density at radius 3 is 1.86 bits per heavy atom. The molecule has 2 N–H and O–H groups in total. The molecule has 276 valence electrons. The summed E-state index contributed by atoms with van der Waals surface area (Å²) in [7, 11) is 0. The number of hydrogen-bond donors (Lipinski definition) is 2. The maximum Gasteiger partial charge on any atom is 0.240 e. The molecule has 0 saturated carbocycles. The third kappa shape index (κ3) is 4.94. The van der Waals surface area contributed by atoms with E-state index in [1.165, 1.54) is 11.9 Å².